The average Bonchev–Trinajstić information content (AvgIpc) is 3.53. The van der Waals surface area contributed by atoms with E-state index in [0.717, 1.165) is 42.9 Å². The van der Waals surface area contributed by atoms with Crippen molar-refractivity contribution in [3.8, 4) is 23.2 Å². The highest BCUT2D eigenvalue weighted by Gasteiger charge is 2.44. The third-order valence-corrected chi connectivity index (χ3v) is 7.74. The van der Waals surface area contributed by atoms with Crippen molar-refractivity contribution in [1.82, 2.24) is 19.6 Å². The molecule has 1 aliphatic carbocycles. The average molecular weight is 503 g/mol. The third-order valence-electron chi connectivity index (χ3n) is 7.74. The van der Waals surface area contributed by atoms with Crippen LogP contribution in [-0.4, -0.2) is 55.4 Å². The van der Waals surface area contributed by atoms with Crippen LogP contribution in [0.25, 0.3) is 11.3 Å². The van der Waals surface area contributed by atoms with Gasteiger partial charge >= 0.3 is 5.97 Å². The van der Waals surface area contributed by atoms with Crippen molar-refractivity contribution in [1.29, 1.82) is 0 Å². The second kappa shape index (κ2) is 10.9. The lowest BCUT2D eigenvalue weighted by Gasteiger charge is -2.51. The van der Waals surface area contributed by atoms with Gasteiger partial charge in [0.2, 0.25) is 0 Å². The molecule has 1 saturated heterocycles. The number of rotatable bonds is 8. The van der Waals surface area contributed by atoms with Crippen LogP contribution in [0.1, 0.15) is 68.6 Å². The van der Waals surface area contributed by atoms with Gasteiger partial charge in [0.25, 0.3) is 0 Å². The van der Waals surface area contributed by atoms with Gasteiger partial charge in [-0.05, 0) is 88.3 Å². The number of aromatic nitrogens is 3. The molecule has 1 aromatic carbocycles. The number of carboxylic acid groups (broad SMARTS) is 1. The normalized spacial score (nSPS) is 18.2. The van der Waals surface area contributed by atoms with Crippen LogP contribution < -0.4 is 0 Å². The molecule has 1 aliphatic heterocycles. The summed E-state index contributed by atoms with van der Waals surface area (Å²) in [6, 6.07) is 9.98. The summed E-state index contributed by atoms with van der Waals surface area (Å²) in [7, 11) is 0. The molecular weight excluding hydrogens is 468 g/mol. The van der Waals surface area contributed by atoms with Crippen LogP contribution in [0.3, 0.4) is 0 Å². The molecule has 2 aromatic heterocycles. The van der Waals surface area contributed by atoms with Gasteiger partial charge in [-0.15, -0.1) is 0 Å². The molecule has 1 spiro atoms. The smallest absolute Gasteiger partial charge is 0.303 e. The molecule has 0 amide bonds. The van der Waals surface area contributed by atoms with Gasteiger partial charge in [0.15, 0.2) is 5.76 Å². The first-order valence-corrected chi connectivity index (χ1v) is 13.1. The number of nitrogens with zero attached hydrogens (tertiary/aromatic N) is 4. The predicted octanol–water partition coefficient (Wildman–Crippen LogP) is 4.35. The lowest BCUT2D eigenvalue weighted by atomic mass is 9.58. The van der Waals surface area contributed by atoms with Gasteiger partial charge in [0.1, 0.15) is 17.6 Å². The second-order valence-corrected chi connectivity index (χ2v) is 10.6. The van der Waals surface area contributed by atoms with Crippen molar-refractivity contribution in [3.05, 3.63) is 59.8 Å². The number of imidazole rings is 1. The summed E-state index contributed by atoms with van der Waals surface area (Å²) in [5.41, 5.74) is 3.16. The molecule has 3 aromatic rings. The molecule has 8 nitrogen and oxygen atoms in total. The number of carbonyl (C=O) groups is 1. The molecule has 3 heterocycles. The summed E-state index contributed by atoms with van der Waals surface area (Å²) in [6.45, 7) is 5.23. The molecule has 1 atom stereocenters. The van der Waals surface area contributed by atoms with Crippen molar-refractivity contribution in [2.75, 3.05) is 19.6 Å². The molecule has 8 heteroatoms. The minimum atomic E-state index is -0.704. The summed E-state index contributed by atoms with van der Waals surface area (Å²) in [5, 5.41) is 22.8. The number of likely N-dealkylation sites (tertiary alicyclic amines) is 1. The Hall–Kier alpha value is -3.41. The maximum atomic E-state index is 10.7. The van der Waals surface area contributed by atoms with Crippen LogP contribution in [0.15, 0.2) is 47.2 Å². The largest absolute Gasteiger partial charge is 0.481 e. The van der Waals surface area contributed by atoms with E-state index < -0.39 is 12.1 Å². The number of aliphatic hydroxyl groups is 1. The van der Waals surface area contributed by atoms with Gasteiger partial charge in [-0.25, -0.2) is 4.98 Å². The zero-order chi connectivity index (χ0) is 25.8. The van der Waals surface area contributed by atoms with Crippen molar-refractivity contribution in [2.24, 2.45) is 11.3 Å². The van der Waals surface area contributed by atoms with Gasteiger partial charge in [-0.3, -0.25) is 4.79 Å². The van der Waals surface area contributed by atoms with E-state index in [1.165, 1.54) is 25.7 Å². The van der Waals surface area contributed by atoms with Gasteiger partial charge < -0.3 is 24.2 Å². The number of hydrogen-bond donors (Lipinski definition) is 2. The predicted molar refractivity (Wildman–Crippen MR) is 138 cm³/mol. The highest BCUT2D eigenvalue weighted by molar-refractivity contribution is 5.66. The first-order chi connectivity index (χ1) is 17.9. The highest BCUT2D eigenvalue weighted by atomic mass is 16.5. The van der Waals surface area contributed by atoms with Crippen LogP contribution in [0, 0.1) is 23.2 Å². The highest BCUT2D eigenvalue weighted by Crippen LogP contribution is 2.52. The third kappa shape index (κ3) is 6.12. The molecule has 37 heavy (non-hydrogen) atoms. The maximum absolute atomic E-state index is 10.7. The molecule has 0 radical (unpaired) electrons. The van der Waals surface area contributed by atoms with E-state index in [0.29, 0.717) is 29.5 Å². The molecule has 0 unspecified atom stereocenters. The molecule has 2 N–H and O–H groups in total. The Kier molecular flexibility index (Phi) is 7.45. The Morgan fingerprint density at radius 2 is 2.00 bits per heavy atom. The summed E-state index contributed by atoms with van der Waals surface area (Å²) in [6.07, 6.45) is 8.60. The topological polar surface area (TPSA) is 105 Å². The lowest BCUT2D eigenvalue weighted by molar-refractivity contribution is -0.137. The van der Waals surface area contributed by atoms with Gasteiger partial charge in [-0.1, -0.05) is 17.0 Å². The second-order valence-electron chi connectivity index (χ2n) is 10.6. The van der Waals surface area contributed by atoms with Gasteiger partial charge in [0.05, 0.1) is 6.54 Å². The Labute approximate surface area is 217 Å². The summed E-state index contributed by atoms with van der Waals surface area (Å²) < 4.78 is 7.42. The molecular formula is C29H34N4O4. The first-order valence-electron chi connectivity index (χ1n) is 13.1. The van der Waals surface area contributed by atoms with Gasteiger partial charge in [0, 0.05) is 41.9 Å². The van der Waals surface area contributed by atoms with E-state index in [1.54, 1.807) is 13.1 Å². The minimum absolute atomic E-state index is 0.262. The molecule has 194 valence electrons. The SMILES string of the molecule is C[C@H](O)c1nccn1Cc1cc(-c2ccc(C#CC3CC4(CCN(CCCC(=O)O)CC4)C3)cc2)on1. The zero-order valence-electron chi connectivity index (χ0n) is 21.3. The Morgan fingerprint density at radius 1 is 1.24 bits per heavy atom. The van der Waals surface area contributed by atoms with Crippen LogP contribution in [0.2, 0.25) is 0 Å². The van der Waals surface area contributed by atoms with Gasteiger partial charge in [-0.2, -0.15) is 0 Å². The van der Waals surface area contributed by atoms with E-state index >= 15 is 0 Å². The van der Waals surface area contributed by atoms with E-state index in [-0.39, 0.29) is 6.42 Å². The van der Waals surface area contributed by atoms with E-state index in [2.05, 4.69) is 26.9 Å². The number of benzene rings is 1. The fourth-order valence-electron chi connectivity index (χ4n) is 5.62. The van der Waals surface area contributed by atoms with Crippen molar-refractivity contribution >= 4 is 5.97 Å². The molecule has 2 fully saturated rings. The van der Waals surface area contributed by atoms with Crippen molar-refractivity contribution in [2.45, 2.75) is 58.1 Å². The van der Waals surface area contributed by atoms with E-state index in [4.69, 9.17) is 9.63 Å². The van der Waals surface area contributed by atoms with E-state index in [9.17, 15) is 9.90 Å². The monoisotopic (exact) mass is 502 g/mol. The standard InChI is InChI=1S/C29H34N4O4/c1-21(34)28-30-12-16-33(28)20-25-17-26(37-31-25)24-8-6-22(7-9-24)4-5-23-18-29(19-23)10-14-32(15-11-29)13-2-3-27(35)36/h6-9,12,16-17,21,23,34H,2-3,10-11,13-15,18-20H2,1H3,(H,35,36)/t21-/m0/s1. The molecule has 0 bridgehead atoms. The maximum Gasteiger partial charge on any atom is 0.303 e. The number of carboxylic acids is 1. The Bertz CT molecular complexity index is 1260. The zero-order valence-corrected chi connectivity index (χ0v) is 21.3. The van der Waals surface area contributed by atoms with E-state index in [1.807, 2.05) is 41.1 Å². The summed E-state index contributed by atoms with van der Waals surface area (Å²) >= 11 is 0. The first kappa shape index (κ1) is 25.2. The lowest BCUT2D eigenvalue weighted by Crippen LogP contribution is -2.47. The number of hydrogen-bond acceptors (Lipinski definition) is 6. The van der Waals surface area contributed by atoms with Crippen LogP contribution in [0.5, 0.6) is 0 Å². The summed E-state index contributed by atoms with van der Waals surface area (Å²) in [4.78, 5) is 17.3. The summed E-state index contributed by atoms with van der Waals surface area (Å²) in [5.74, 6) is 7.88. The number of aliphatic hydroxyl groups excluding tert-OH is 1. The van der Waals surface area contributed by atoms with Crippen molar-refractivity contribution in [3.63, 3.8) is 0 Å². The fraction of sp³-hybridized carbons (Fsp3) is 0.483. The molecule has 1 saturated carbocycles. The minimum Gasteiger partial charge on any atom is -0.481 e. The molecule has 5 rings (SSSR count). The fourth-order valence-corrected chi connectivity index (χ4v) is 5.62. The van der Waals surface area contributed by atoms with Crippen LogP contribution in [-0.2, 0) is 11.3 Å². The Morgan fingerprint density at radius 3 is 2.70 bits per heavy atom. The van der Waals surface area contributed by atoms with Crippen LogP contribution >= 0.6 is 0 Å². The van der Waals surface area contributed by atoms with Crippen LogP contribution in [0.4, 0.5) is 0 Å². The molecule has 2 aliphatic rings. The number of aliphatic carboxylic acids is 1. The Balaban J connectivity index is 1.10. The quantitative estimate of drug-likeness (QED) is 0.441. The van der Waals surface area contributed by atoms with Crippen molar-refractivity contribution < 1.29 is 19.5 Å². The number of piperidine rings is 1.